The van der Waals surface area contributed by atoms with Crippen LogP contribution in [0.5, 0.6) is 0 Å². The highest BCUT2D eigenvalue weighted by atomic mass is 16.5. The summed E-state index contributed by atoms with van der Waals surface area (Å²) in [5.74, 6) is 0.664. The number of carbonyl (C=O) groups is 1. The molecule has 0 aliphatic heterocycles. The number of aromatic nitrogens is 1. The maximum atomic E-state index is 10.7. The molecule has 0 unspecified atom stereocenters. The molecule has 0 saturated heterocycles. The SMILES string of the molecule is CC(C)/C=C/c1cc[n+]([O-])cc1.COC(=O)/C=C/C(C)C. The molecule has 0 radical (unpaired) electrons. The largest absolute Gasteiger partial charge is 0.619 e. The Morgan fingerprint density at radius 1 is 1.14 bits per heavy atom. The van der Waals surface area contributed by atoms with Crippen LogP contribution in [-0.2, 0) is 9.53 Å². The van der Waals surface area contributed by atoms with Gasteiger partial charge in [0.05, 0.1) is 7.11 Å². The number of hydrogen-bond donors (Lipinski definition) is 0. The highest BCUT2D eigenvalue weighted by molar-refractivity contribution is 5.81. The van der Waals surface area contributed by atoms with Crippen molar-refractivity contribution in [2.24, 2.45) is 11.8 Å². The van der Waals surface area contributed by atoms with Crippen LogP contribution in [0.1, 0.15) is 33.3 Å². The van der Waals surface area contributed by atoms with E-state index in [1.165, 1.54) is 25.6 Å². The van der Waals surface area contributed by atoms with Crippen LogP contribution >= 0.6 is 0 Å². The first kappa shape index (κ1) is 18.9. The maximum absolute atomic E-state index is 10.7. The second-order valence-electron chi connectivity index (χ2n) is 5.22. The lowest BCUT2D eigenvalue weighted by atomic mass is 10.1. The predicted molar refractivity (Wildman–Crippen MR) is 85.3 cm³/mol. The fraction of sp³-hybridized carbons (Fsp3) is 0.412. The molecule has 0 amide bonds. The van der Waals surface area contributed by atoms with Gasteiger partial charge in [-0.15, -0.1) is 0 Å². The lowest BCUT2D eigenvalue weighted by molar-refractivity contribution is -0.605. The van der Waals surface area contributed by atoms with E-state index in [1.54, 1.807) is 18.2 Å². The normalized spacial score (nSPS) is 11.0. The number of ether oxygens (including phenoxy) is 1. The Morgan fingerprint density at radius 3 is 2.10 bits per heavy atom. The molecule has 0 aliphatic rings. The number of hydrogen-bond acceptors (Lipinski definition) is 3. The molecule has 0 bridgehead atoms. The van der Waals surface area contributed by atoms with Crippen LogP contribution in [-0.4, -0.2) is 13.1 Å². The Morgan fingerprint density at radius 2 is 1.67 bits per heavy atom. The smallest absolute Gasteiger partial charge is 0.330 e. The molecule has 116 valence electrons. The van der Waals surface area contributed by atoms with Gasteiger partial charge in [0.15, 0.2) is 12.4 Å². The minimum absolute atomic E-state index is 0.288. The van der Waals surface area contributed by atoms with E-state index in [2.05, 4.69) is 24.7 Å². The van der Waals surface area contributed by atoms with Crippen molar-refractivity contribution in [3.8, 4) is 0 Å². The number of pyridine rings is 1. The van der Waals surface area contributed by atoms with E-state index in [0.717, 1.165) is 10.3 Å². The third-order valence-corrected chi connectivity index (χ3v) is 2.32. The first-order chi connectivity index (χ1) is 9.85. The van der Waals surface area contributed by atoms with Gasteiger partial charge in [0.2, 0.25) is 0 Å². The molecule has 0 saturated carbocycles. The van der Waals surface area contributed by atoms with Crippen LogP contribution in [0.15, 0.2) is 42.8 Å². The molecule has 0 N–H and O–H groups in total. The maximum Gasteiger partial charge on any atom is 0.330 e. The molecular weight excluding hydrogens is 266 g/mol. The summed E-state index contributed by atoms with van der Waals surface area (Å²) >= 11 is 0. The zero-order chi connectivity index (χ0) is 16.3. The van der Waals surface area contributed by atoms with Gasteiger partial charge in [-0.1, -0.05) is 45.9 Å². The van der Waals surface area contributed by atoms with Gasteiger partial charge >= 0.3 is 5.97 Å². The topological polar surface area (TPSA) is 53.2 Å². The Labute approximate surface area is 127 Å². The molecule has 1 aromatic heterocycles. The third kappa shape index (κ3) is 11.4. The van der Waals surface area contributed by atoms with Crippen molar-refractivity contribution in [2.45, 2.75) is 27.7 Å². The first-order valence-electron chi connectivity index (χ1n) is 6.98. The highest BCUT2D eigenvalue weighted by Crippen LogP contribution is 2.02. The van der Waals surface area contributed by atoms with Crippen LogP contribution in [0.2, 0.25) is 0 Å². The van der Waals surface area contributed by atoms with Crippen molar-refractivity contribution < 1.29 is 14.3 Å². The van der Waals surface area contributed by atoms with Gasteiger partial charge in [-0.25, -0.2) is 4.79 Å². The van der Waals surface area contributed by atoms with Gasteiger partial charge in [0.25, 0.3) is 0 Å². The summed E-state index contributed by atoms with van der Waals surface area (Å²) in [4.78, 5) is 10.4. The highest BCUT2D eigenvalue weighted by Gasteiger charge is 1.91. The second kappa shape index (κ2) is 10.7. The lowest BCUT2D eigenvalue weighted by Crippen LogP contribution is -2.23. The molecule has 1 aromatic rings. The number of nitrogens with zero attached hydrogens (tertiary/aromatic N) is 1. The van der Waals surface area contributed by atoms with E-state index < -0.39 is 0 Å². The Kier molecular flexibility index (Phi) is 9.59. The van der Waals surface area contributed by atoms with Crippen molar-refractivity contribution in [1.29, 1.82) is 0 Å². The number of carbonyl (C=O) groups excluding carboxylic acids is 1. The summed E-state index contributed by atoms with van der Waals surface area (Å²) in [6.45, 7) is 8.24. The average Bonchev–Trinajstić information content (AvgIpc) is 2.44. The molecular formula is C17H25NO3. The van der Waals surface area contributed by atoms with Crippen molar-refractivity contribution in [3.05, 3.63) is 53.5 Å². The molecule has 0 atom stereocenters. The van der Waals surface area contributed by atoms with E-state index in [1.807, 2.05) is 19.9 Å². The molecule has 1 heterocycles. The molecule has 0 spiro atoms. The van der Waals surface area contributed by atoms with E-state index in [0.29, 0.717) is 11.8 Å². The van der Waals surface area contributed by atoms with Crippen molar-refractivity contribution >= 4 is 12.0 Å². The summed E-state index contributed by atoms with van der Waals surface area (Å²) in [6.07, 6.45) is 10.4. The van der Waals surface area contributed by atoms with Crippen LogP contribution in [0.25, 0.3) is 6.08 Å². The fourth-order valence-corrected chi connectivity index (χ4v) is 1.18. The van der Waals surface area contributed by atoms with E-state index in [4.69, 9.17) is 0 Å². The van der Waals surface area contributed by atoms with Gasteiger partial charge in [0.1, 0.15) is 0 Å². The number of esters is 1. The number of methoxy groups -OCH3 is 1. The Hall–Kier alpha value is -2.10. The fourth-order valence-electron chi connectivity index (χ4n) is 1.18. The van der Waals surface area contributed by atoms with Gasteiger partial charge in [-0.05, 0) is 17.4 Å². The standard InChI is InChI=1S/C10H13NO.C7H12O2/c1-9(2)3-4-10-5-7-11(12)8-6-10;1-6(2)4-5-7(8)9-3/h3-9H,1-2H3;4-6H,1-3H3/b4-3+;5-4+. The molecule has 0 fully saturated rings. The van der Waals surface area contributed by atoms with Gasteiger partial charge in [-0.3, -0.25) is 0 Å². The first-order valence-corrected chi connectivity index (χ1v) is 6.98. The molecule has 4 heteroatoms. The third-order valence-electron chi connectivity index (χ3n) is 2.32. The molecule has 21 heavy (non-hydrogen) atoms. The zero-order valence-electron chi connectivity index (χ0n) is 13.4. The lowest BCUT2D eigenvalue weighted by Gasteiger charge is -1.96. The van der Waals surface area contributed by atoms with E-state index >= 15 is 0 Å². The van der Waals surface area contributed by atoms with Crippen LogP contribution in [0.3, 0.4) is 0 Å². The van der Waals surface area contributed by atoms with Crippen molar-refractivity contribution in [2.75, 3.05) is 7.11 Å². The van der Waals surface area contributed by atoms with Crippen LogP contribution in [0, 0.1) is 17.0 Å². The summed E-state index contributed by atoms with van der Waals surface area (Å²) in [5.41, 5.74) is 1.07. The molecule has 1 rings (SSSR count). The zero-order valence-corrected chi connectivity index (χ0v) is 13.4. The summed E-state index contributed by atoms with van der Waals surface area (Å²) < 4.78 is 5.16. The Balaban J connectivity index is 0.000000400. The van der Waals surface area contributed by atoms with E-state index in [-0.39, 0.29) is 5.97 Å². The van der Waals surface area contributed by atoms with Crippen molar-refractivity contribution in [1.82, 2.24) is 0 Å². The van der Waals surface area contributed by atoms with Crippen LogP contribution < -0.4 is 4.73 Å². The minimum Gasteiger partial charge on any atom is -0.619 e. The second-order valence-corrected chi connectivity index (χ2v) is 5.22. The molecule has 0 aromatic carbocycles. The predicted octanol–water partition coefficient (Wildman–Crippen LogP) is 3.36. The van der Waals surface area contributed by atoms with Gasteiger partial charge in [0, 0.05) is 18.2 Å². The number of rotatable bonds is 4. The van der Waals surface area contributed by atoms with Gasteiger partial charge < -0.3 is 9.94 Å². The average molecular weight is 291 g/mol. The minimum atomic E-state index is -0.288. The number of allylic oxidation sites excluding steroid dienone is 2. The van der Waals surface area contributed by atoms with Crippen molar-refractivity contribution in [3.63, 3.8) is 0 Å². The summed E-state index contributed by atoms with van der Waals surface area (Å²) in [6, 6.07) is 3.60. The van der Waals surface area contributed by atoms with E-state index in [9.17, 15) is 10.0 Å². The summed E-state index contributed by atoms with van der Waals surface area (Å²) in [5, 5.41) is 10.7. The quantitative estimate of drug-likeness (QED) is 0.370. The Bertz CT molecular complexity index is 459. The van der Waals surface area contributed by atoms with Gasteiger partial charge in [-0.2, -0.15) is 4.73 Å². The van der Waals surface area contributed by atoms with Crippen LogP contribution in [0.4, 0.5) is 0 Å². The monoisotopic (exact) mass is 291 g/mol. The molecule has 4 nitrogen and oxygen atoms in total. The molecule has 0 aliphatic carbocycles. The summed E-state index contributed by atoms with van der Waals surface area (Å²) in [7, 11) is 1.37.